The molecule has 3 nitrogen and oxygen atoms in total. The lowest BCUT2D eigenvalue weighted by Crippen LogP contribution is -2.13. The predicted molar refractivity (Wildman–Crippen MR) is 76.8 cm³/mol. The van der Waals surface area contributed by atoms with E-state index in [4.69, 9.17) is 21.6 Å². The third-order valence-electron chi connectivity index (χ3n) is 2.78. The molecule has 0 unspecified atom stereocenters. The van der Waals surface area contributed by atoms with E-state index in [0.717, 1.165) is 5.56 Å². The van der Waals surface area contributed by atoms with Crippen molar-refractivity contribution >= 4 is 17.4 Å². The van der Waals surface area contributed by atoms with E-state index in [1.807, 2.05) is 6.07 Å². The van der Waals surface area contributed by atoms with Gasteiger partial charge in [0.15, 0.2) is 5.78 Å². The smallest absolute Gasteiger partial charge is 0.174 e. The van der Waals surface area contributed by atoms with Gasteiger partial charge in [-0.05, 0) is 29.8 Å². The molecule has 0 heterocycles. The van der Waals surface area contributed by atoms with Gasteiger partial charge in [-0.15, -0.1) is 0 Å². The fourth-order valence-electron chi connectivity index (χ4n) is 1.72. The molecule has 0 fully saturated rings. The highest BCUT2D eigenvalue weighted by atomic mass is 35.5. The molecule has 0 radical (unpaired) electrons. The summed E-state index contributed by atoms with van der Waals surface area (Å²) in [5.74, 6) is -0.0526. The summed E-state index contributed by atoms with van der Waals surface area (Å²) in [7, 11) is 0. The quantitative estimate of drug-likeness (QED) is 0.849. The lowest BCUT2D eigenvalue weighted by Gasteiger charge is -2.06. The molecule has 0 atom stereocenters. The zero-order valence-corrected chi connectivity index (χ0v) is 11.7. The van der Waals surface area contributed by atoms with Crippen molar-refractivity contribution in [1.82, 2.24) is 0 Å². The molecule has 106 valence electrons. The Morgan fingerprint density at radius 3 is 2.57 bits per heavy atom. The molecule has 0 amide bonds. The topological polar surface area (TPSA) is 50.1 Å². The first-order valence-electron chi connectivity index (χ1n) is 6.17. The predicted octanol–water partition coefficient (Wildman–Crippen LogP) is 3.54. The molecule has 0 aromatic heterocycles. The molecule has 21 heavy (non-hydrogen) atoms. The molecule has 0 saturated carbocycles. The van der Waals surface area contributed by atoms with Crippen molar-refractivity contribution in [2.45, 2.75) is 6.42 Å². The van der Waals surface area contributed by atoms with Gasteiger partial charge in [-0.1, -0.05) is 23.7 Å². The maximum absolute atomic E-state index is 12.7. The standard InChI is InChI=1S/C16H11ClFNO2/c17-16-8-15(6-3-12(16)9-19)21-10-14(20)7-11-1-4-13(18)5-2-11/h1-6,8H,7,10H2. The van der Waals surface area contributed by atoms with Crippen molar-refractivity contribution in [3.63, 3.8) is 0 Å². The number of Topliss-reactive ketones (excluding diaryl/α,β-unsaturated/α-hetero) is 1. The van der Waals surface area contributed by atoms with Crippen molar-refractivity contribution in [1.29, 1.82) is 5.26 Å². The molecule has 0 aliphatic carbocycles. The molecule has 0 spiro atoms. The minimum atomic E-state index is -0.338. The van der Waals surface area contributed by atoms with Crippen LogP contribution in [-0.2, 0) is 11.2 Å². The van der Waals surface area contributed by atoms with Crippen molar-refractivity contribution in [3.8, 4) is 11.8 Å². The van der Waals surface area contributed by atoms with Crippen LogP contribution in [0.4, 0.5) is 4.39 Å². The molecular formula is C16H11ClFNO2. The van der Waals surface area contributed by atoms with E-state index >= 15 is 0 Å². The Morgan fingerprint density at radius 2 is 1.95 bits per heavy atom. The Bertz CT molecular complexity index is 692. The summed E-state index contributed by atoms with van der Waals surface area (Å²) in [5.41, 5.74) is 1.07. The van der Waals surface area contributed by atoms with Gasteiger partial charge in [0.05, 0.1) is 10.6 Å². The number of halogens is 2. The minimum absolute atomic E-state index is 0.112. The first-order valence-corrected chi connectivity index (χ1v) is 6.55. The Morgan fingerprint density at radius 1 is 1.24 bits per heavy atom. The Labute approximate surface area is 126 Å². The van der Waals surface area contributed by atoms with Gasteiger partial charge in [0, 0.05) is 12.5 Å². The van der Waals surface area contributed by atoms with Crippen LogP contribution in [0.5, 0.6) is 5.75 Å². The van der Waals surface area contributed by atoms with Crippen LogP contribution >= 0.6 is 11.6 Å². The van der Waals surface area contributed by atoms with Gasteiger partial charge in [0.2, 0.25) is 0 Å². The van der Waals surface area contributed by atoms with Crippen LogP contribution < -0.4 is 4.74 Å². The van der Waals surface area contributed by atoms with Gasteiger partial charge >= 0.3 is 0 Å². The van der Waals surface area contributed by atoms with E-state index in [2.05, 4.69) is 0 Å². The lowest BCUT2D eigenvalue weighted by molar-refractivity contribution is -0.120. The molecule has 0 aliphatic heterocycles. The maximum atomic E-state index is 12.7. The molecule has 2 aromatic rings. The second-order valence-corrected chi connectivity index (χ2v) is 4.79. The highest BCUT2D eigenvalue weighted by molar-refractivity contribution is 6.31. The summed E-state index contributed by atoms with van der Waals surface area (Å²) in [6.07, 6.45) is 0.171. The van der Waals surface area contributed by atoms with E-state index in [1.54, 1.807) is 18.2 Å². The van der Waals surface area contributed by atoms with Gasteiger partial charge in [0.1, 0.15) is 24.2 Å². The minimum Gasteiger partial charge on any atom is -0.486 e. The highest BCUT2D eigenvalue weighted by Crippen LogP contribution is 2.21. The number of carbonyl (C=O) groups excluding carboxylic acids is 1. The van der Waals surface area contributed by atoms with E-state index in [0.29, 0.717) is 11.3 Å². The number of nitrogens with zero attached hydrogens (tertiary/aromatic N) is 1. The largest absolute Gasteiger partial charge is 0.486 e. The summed E-state index contributed by atoms with van der Waals surface area (Å²) >= 11 is 5.87. The van der Waals surface area contributed by atoms with Crippen LogP contribution in [0.2, 0.25) is 5.02 Å². The fraction of sp³-hybridized carbons (Fsp3) is 0.125. The summed E-state index contributed by atoms with van der Waals surface area (Å²) < 4.78 is 18.1. The highest BCUT2D eigenvalue weighted by Gasteiger charge is 2.07. The number of hydrogen-bond donors (Lipinski definition) is 0. The van der Waals surface area contributed by atoms with Crippen molar-refractivity contribution < 1.29 is 13.9 Å². The van der Waals surface area contributed by atoms with Gasteiger partial charge < -0.3 is 4.74 Å². The molecule has 0 aliphatic rings. The molecule has 2 rings (SSSR count). The molecule has 0 N–H and O–H groups in total. The number of rotatable bonds is 5. The van der Waals surface area contributed by atoms with E-state index in [1.165, 1.54) is 24.3 Å². The zero-order valence-electron chi connectivity index (χ0n) is 11.0. The lowest BCUT2D eigenvalue weighted by atomic mass is 10.1. The SMILES string of the molecule is N#Cc1ccc(OCC(=O)Cc2ccc(F)cc2)cc1Cl. The molecule has 0 saturated heterocycles. The number of hydrogen-bond acceptors (Lipinski definition) is 3. The summed E-state index contributed by atoms with van der Waals surface area (Å²) in [6.45, 7) is -0.112. The Hall–Kier alpha value is -2.38. The average Bonchev–Trinajstić information content (AvgIpc) is 2.48. The Balaban J connectivity index is 1.91. The second-order valence-electron chi connectivity index (χ2n) is 4.38. The number of ketones is 1. The average molecular weight is 304 g/mol. The summed E-state index contributed by atoms with van der Waals surface area (Å²) in [4.78, 5) is 11.8. The second kappa shape index (κ2) is 6.87. The van der Waals surface area contributed by atoms with Crippen LogP contribution in [0.25, 0.3) is 0 Å². The van der Waals surface area contributed by atoms with Crippen LogP contribution in [0.15, 0.2) is 42.5 Å². The molecule has 5 heteroatoms. The van der Waals surface area contributed by atoms with Crippen LogP contribution in [0, 0.1) is 17.1 Å². The number of carbonyl (C=O) groups is 1. The Kier molecular flexibility index (Phi) is 4.91. The van der Waals surface area contributed by atoms with Crippen LogP contribution in [0.1, 0.15) is 11.1 Å². The van der Waals surface area contributed by atoms with Gasteiger partial charge in [-0.2, -0.15) is 5.26 Å². The number of nitriles is 1. The van der Waals surface area contributed by atoms with E-state index < -0.39 is 0 Å². The first-order chi connectivity index (χ1) is 10.1. The van der Waals surface area contributed by atoms with Crippen molar-refractivity contribution in [2.24, 2.45) is 0 Å². The summed E-state index contributed by atoms with van der Waals surface area (Å²) in [5, 5.41) is 9.03. The number of benzene rings is 2. The van der Waals surface area contributed by atoms with Gasteiger partial charge in [-0.25, -0.2) is 4.39 Å². The third-order valence-corrected chi connectivity index (χ3v) is 3.09. The van der Waals surface area contributed by atoms with E-state index in [-0.39, 0.29) is 29.7 Å². The van der Waals surface area contributed by atoms with Crippen LogP contribution in [-0.4, -0.2) is 12.4 Å². The van der Waals surface area contributed by atoms with E-state index in [9.17, 15) is 9.18 Å². The molecular weight excluding hydrogens is 293 g/mol. The summed E-state index contributed by atoms with van der Waals surface area (Å²) in [6, 6.07) is 12.3. The van der Waals surface area contributed by atoms with Crippen molar-refractivity contribution in [2.75, 3.05) is 6.61 Å². The van der Waals surface area contributed by atoms with Gasteiger partial charge in [-0.3, -0.25) is 4.79 Å². The molecule has 2 aromatic carbocycles. The zero-order chi connectivity index (χ0) is 15.2. The fourth-order valence-corrected chi connectivity index (χ4v) is 1.93. The normalized spacial score (nSPS) is 9.95. The van der Waals surface area contributed by atoms with Crippen molar-refractivity contribution in [3.05, 3.63) is 64.4 Å². The third kappa shape index (κ3) is 4.30. The van der Waals surface area contributed by atoms with Gasteiger partial charge in [0.25, 0.3) is 0 Å². The molecule has 0 bridgehead atoms. The number of ether oxygens (including phenoxy) is 1. The van der Waals surface area contributed by atoms with Crippen LogP contribution in [0.3, 0.4) is 0 Å². The monoisotopic (exact) mass is 303 g/mol. The maximum Gasteiger partial charge on any atom is 0.174 e. The first kappa shape index (κ1) is 15.0.